The van der Waals surface area contributed by atoms with Crippen LogP contribution in [0, 0.1) is 6.92 Å². The third-order valence-electron chi connectivity index (χ3n) is 5.20. The van der Waals surface area contributed by atoms with Crippen LogP contribution in [0.3, 0.4) is 0 Å². The number of aromatic nitrogens is 3. The Morgan fingerprint density at radius 3 is 2.86 bits per heavy atom. The number of likely N-dealkylation sites (tertiary alicyclic amines) is 1. The molecule has 1 aliphatic heterocycles. The van der Waals surface area contributed by atoms with Crippen LogP contribution < -0.4 is 5.32 Å². The first-order valence-corrected chi connectivity index (χ1v) is 9.96. The van der Waals surface area contributed by atoms with Gasteiger partial charge < -0.3 is 14.6 Å². The summed E-state index contributed by atoms with van der Waals surface area (Å²) >= 11 is 5.92. The number of oxazole rings is 1. The Bertz CT molecular complexity index is 991. The smallest absolute Gasteiger partial charge is 0.273 e. The topological polar surface area (TPSA) is 84.2 Å². The van der Waals surface area contributed by atoms with Crippen molar-refractivity contribution in [3.05, 3.63) is 59.3 Å². The van der Waals surface area contributed by atoms with E-state index in [0.29, 0.717) is 28.7 Å². The lowest BCUT2D eigenvalue weighted by Crippen LogP contribution is -2.52. The van der Waals surface area contributed by atoms with E-state index >= 15 is 0 Å². The molecule has 150 valence electrons. The number of nitrogens with zero attached hydrogens (tertiary/aromatic N) is 4. The molecular weight excluding hydrogens is 390 g/mol. The highest BCUT2D eigenvalue weighted by Gasteiger charge is 2.33. The van der Waals surface area contributed by atoms with E-state index in [1.54, 1.807) is 24.7 Å². The van der Waals surface area contributed by atoms with Gasteiger partial charge in [0.2, 0.25) is 5.89 Å². The molecule has 1 saturated heterocycles. The van der Waals surface area contributed by atoms with E-state index in [-0.39, 0.29) is 18.0 Å². The van der Waals surface area contributed by atoms with Gasteiger partial charge in [0.25, 0.3) is 5.91 Å². The zero-order valence-corrected chi connectivity index (χ0v) is 17.1. The van der Waals surface area contributed by atoms with Gasteiger partial charge in [-0.2, -0.15) is 0 Å². The summed E-state index contributed by atoms with van der Waals surface area (Å²) in [7, 11) is 0. The number of halogens is 1. The first-order chi connectivity index (χ1) is 14.0. The fourth-order valence-corrected chi connectivity index (χ4v) is 3.78. The molecule has 3 aromatic rings. The van der Waals surface area contributed by atoms with Gasteiger partial charge in [0, 0.05) is 31.0 Å². The third-order valence-corrected chi connectivity index (χ3v) is 5.42. The SMILES string of the molecule is Cc1cnc(C(=O)N2CCC[C@@H](Nc3ccc(Cl)cn3)[C@@H]2C)c(-c2ncco2)c1. The van der Waals surface area contributed by atoms with E-state index in [1.165, 1.54) is 6.26 Å². The van der Waals surface area contributed by atoms with Crippen LogP contribution in [0.4, 0.5) is 5.82 Å². The molecule has 3 aromatic heterocycles. The maximum Gasteiger partial charge on any atom is 0.273 e. The molecule has 0 spiro atoms. The average Bonchev–Trinajstić information content (AvgIpc) is 3.25. The fourth-order valence-electron chi connectivity index (χ4n) is 3.67. The lowest BCUT2D eigenvalue weighted by Gasteiger charge is -2.40. The summed E-state index contributed by atoms with van der Waals surface area (Å²) in [6, 6.07) is 5.57. The van der Waals surface area contributed by atoms with E-state index in [9.17, 15) is 4.79 Å². The molecule has 0 aromatic carbocycles. The Hall–Kier alpha value is -2.93. The Balaban J connectivity index is 1.58. The van der Waals surface area contributed by atoms with Crippen molar-refractivity contribution in [2.75, 3.05) is 11.9 Å². The summed E-state index contributed by atoms with van der Waals surface area (Å²) in [6.45, 7) is 4.65. The van der Waals surface area contributed by atoms with E-state index in [2.05, 4.69) is 20.3 Å². The van der Waals surface area contributed by atoms with Crippen LogP contribution in [0.1, 0.15) is 35.8 Å². The average molecular weight is 412 g/mol. The van der Waals surface area contributed by atoms with Crippen molar-refractivity contribution in [3.8, 4) is 11.5 Å². The molecule has 0 bridgehead atoms. The van der Waals surface area contributed by atoms with Crippen LogP contribution in [0.2, 0.25) is 5.02 Å². The van der Waals surface area contributed by atoms with Crippen molar-refractivity contribution in [1.29, 1.82) is 0 Å². The molecular formula is C21H22ClN5O2. The summed E-state index contributed by atoms with van der Waals surface area (Å²) in [5.74, 6) is 1.02. The van der Waals surface area contributed by atoms with Gasteiger partial charge in [-0.05, 0) is 50.5 Å². The molecule has 0 unspecified atom stereocenters. The Labute approximate surface area is 174 Å². The van der Waals surface area contributed by atoms with Crippen LogP contribution in [0.5, 0.6) is 0 Å². The molecule has 4 heterocycles. The number of carbonyl (C=O) groups is 1. The maximum atomic E-state index is 13.4. The monoisotopic (exact) mass is 411 g/mol. The van der Waals surface area contributed by atoms with Crippen molar-refractivity contribution in [2.24, 2.45) is 0 Å². The lowest BCUT2D eigenvalue weighted by atomic mass is 9.96. The Morgan fingerprint density at radius 2 is 2.14 bits per heavy atom. The predicted octanol–water partition coefficient (Wildman–Crippen LogP) is 4.20. The Kier molecular flexibility index (Phi) is 5.49. The second-order valence-corrected chi connectivity index (χ2v) is 7.68. The molecule has 2 atom stereocenters. The molecule has 1 amide bonds. The molecule has 0 radical (unpaired) electrons. The predicted molar refractivity (Wildman–Crippen MR) is 111 cm³/mol. The zero-order valence-electron chi connectivity index (χ0n) is 16.3. The van der Waals surface area contributed by atoms with Gasteiger partial charge in [0.1, 0.15) is 17.8 Å². The normalized spacial score (nSPS) is 19.2. The van der Waals surface area contributed by atoms with E-state index < -0.39 is 0 Å². The van der Waals surface area contributed by atoms with Crippen molar-refractivity contribution in [3.63, 3.8) is 0 Å². The number of anilines is 1. The molecule has 1 fully saturated rings. The van der Waals surface area contributed by atoms with Gasteiger partial charge in [-0.1, -0.05) is 11.6 Å². The second kappa shape index (κ2) is 8.21. The molecule has 0 saturated carbocycles. The highest BCUT2D eigenvalue weighted by atomic mass is 35.5. The van der Waals surface area contributed by atoms with Crippen molar-refractivity contribution < 1.29 is 9.21 Å². The van der Waals surface area contributed by atoms with Gasteiger partial charge >= 0.3 is 0 Å². The number of aryl methyl sites for hydroxylation is 1. The second-order valence-electron chi connectivity index (χ2n) is 7.24. The molecule has 29 heavy (non-hydrogen) atoms. The minimum absolute atomic E-state index is 0.0331. The Morgan fingerprint density at radius 1 is 1.28 bits per heavy atom. The number of nitrogens with one attached hydrogen (secondary N) is 1. The van der Waals surface area contributed by atoms with Crippen molar-refractivity contribution in [1.82, 2.24) is 19.9 Å². The van der Waals surface area contributed by atoms with Gasteiger partial charge in [0.05, 0.1) is 16.8 Å². The minimum Gasteiger partial charge on any atom is -0.444 e. The lowest BCUT2D eigenvalue weighted by molar-refractivity contribution is 0.0611. The highest BCUT2D eigenvalue weighted by molar-refractivity contribution is 6.30. The first kappa shape index (κ1) is 19.4. The number of hydrogen-bond acceptors (Lipinski definition) is 6. The number of carbonyl (C=O) groups excluding carboxylic acids is 1. The van der Waals surface area contributed by atoms with Gasteiger partial charge in [0.15, 0.2) is 0 Å². The third kappa shape index (κ3) is 4.10. The van der Waals surface area contributed by atoms with Gasteiger partial charge in [-0.3, -0.25) is 4.79 Å². The van der Waals surface area contributed by atoms with Crippen LogP contribution in [0.25, 0.3) is 11.5 Å². The number of rotatable bonds is 4. The molecule has 7 nitrogen and oxygen atoms in total. The number of piperidine rings is 1. The van der Waals surface area contributed by atoms with E-state index in [1.807, 2.05) is 30.9 Å². The van der Waals surface area contributed by atoms with Crippen LogP contribution >= 0.6 is 11.6 Å². The molecule has 8 heteroatoms. The van der Waals surface area contributed by atoms with Gasteiger partial charge in [-0.25, -0.2) is 15.0 Å². The number of pyridine rings is 2. The van der Waals surface area contributed by atoms with Gasteiger partial charge in [-0.15, -0.1) is 0 Å². The summed E-state index contributed by atoms with van der Waals surface area (Å²) in [5, 5.41) is 4.02. The number of hydrogen-bond donors (Lipinski definition) is 1. The maximum absolute atomic E-state index is 13.4. The number of amides is 1. The molecule has 4 rings (SSSR count). The summed E-state index contributed by atoms with van der Waals surface area (Å²) in [5.41, 5.74) is 1.91. The van der Waals surface area contributed by atoms with Crippen molar-refractivity contribution in [2.45, 2.75) is 38.8 Å². The van der Waals surface area contributed by atoms with Crippen molar-refractivity contribution >= 4 is 23.3 Å². The van der Waals surface area contributed by atoms with E-state index in [4.69, 9.17) is 16.0 Å². The molecule has 0 aliphatic carbocycles. The summed E-state index contributed by atoms with van der Waals surface area (Å²) in [6.07, 6.45) is 8.20. The largest absolute Gasteiger partial charge is 0.444 e. The molecule has 1 N–H and O–H groups in total. The standard InChI is InChI=1S/C21H22ClN5O2/c1-13-10-16(20-23-7-9-29-20)19(25-11-13)21(28)27-8-3-4-17(14(27)2)26-18-6-5-15(22)12-24-18/h5-7,9-12,14,17H,3-4,8H2,1-2H3,(H,24,26)/t14-,17+/m0/s1. The van der Waals surface area contributed by atoms with Crippen LogP contribution in [0.15, 0.2) is 47.5 Å². The first-order valence-electron chi connectivity index (χ1n) is 9.58. The summed E-state index contributed by atoms with van der Waals surface area (Å²) < 4.78 is 5.44. The highest BCUT2D eigenvalue weighted by Crippen LogP contribution is 2.27. The molecule has 1 aliphatic rings. The minimum atomic E-state index is -0.124. The quantitative estimate of drug-likeness (QED) is 0.692. The van der Waals surface area contributed by atoms with E-state index in [0.717, 1.165) is 24.2 Å². The van der Waals surface area contributed by atoms with Crippen LogP contribution in [-0.4, -0.2) is 44.4 Å². The summed E-state index contributed by atoms with van der Waals surface area (Å²) in [4.78, 5) is 28.2. The van der Waals surface area contributed by atoms with Crippen LogP contribution in [-0.2, 0) is 0 Å². The zero-order chi connectivity index (χ0) is 20.4. The fraction of sp³-hybridized carbons (Fsp3) is 0.333.